The van der Waals surface area contributed by atoms with Gasteiger partial charge < -0.3 is 4.90 Å². The topological polar surface area (TPSA) is 34.4 Å². The quantitative estimate of drug-likeness (QED) is 0.499. The molecule has 3 nitrogen and oxygen atoms in total. The average Bonchev–Trinajstić information content (AvgIpc) is 2.13. The fourth-order valence-corrected chi connectivity index (χ4v) is 1.10. The largest absolute Gasteiger partial charge is 0.342 e. The summed E-state index contributed by atoms with van der Waals surface area (Å²) in [6.45, 7) is 5.18. The summed E-state index contributed by atoms with van der Waals surface area (Å²) in [5.41, 5.74) is 0. The van der Waals surface area contributed by atoms with E-state index < -0.39 is 0 Å². The maximum Gasteiger partial charge on any atom is 0.223 e. The van der Waals surface area contributed by atoms with Crippen LogP contribution < -0.4 is 5.32 Å². The third-order valence-electron chi connectivity index (χ3n) is 1.75. The summed E-state index contributed by atoms with van der Waals surface area (Å²) in [7, 11) is 0. The van der Waals surface area contributed by atoms with Gasteiger partial charge in [0.2, 0.25) is 5.91 Å². The first-order chi connectivity index (χ1) is 4.84. The van der Waals surface area contributed by atoms with Crippen LogP contribution in [0.4, 0.5) is 0 Å². The zero-order valence-corrected chi connectivity index (χ0v) is 6.34. The van der Waals surface area contributed by atoms with Crippen molar-refractivity contribution < 1.29 is 4.79 Å². The van der Waals surface area contributed by atoms with Crippen molar-refractivity contribution in [2.45, 2.75) is 13.3 Å². The first kappa shape index (κ1) is 7.54. The van der Waals surface area contributed by atoms with Crippen LogP contribution >= 0.6 is 0 Å². The highest BCUT2D eigenvalue weighted by Crippen LogP contribution is 1.96. The predicted octanol–water partition coefficient (Wildman–Crippen LogP) is -0.157. The minimum Gasteiger partial charge on any atom is -0.342 e. The number of amides is 1. The zero-order valence-electron chi connectivity index (χ0n) is 6.34. The van der Waals surface area contributed by atoms with E-state index in [2.05, 4.69) is 5.32 Å². The van der Waals surface area contributed by atoms with Crippen LogP contribution in [0.5, 0.6) is 0 Å². The molecule has 1 fully saturated rings. The minimum atomic E-state index is 0.253. The molecule has 3 heteroatoms. The van der Waals surface area contributed by atoms with E-state index in [1.54, 1.807) is 0 Å². The van der Waals surface area contributed by atoms with E-state index in [0.29, 0.717) is 6.42 Å². The van der Waals surface area contributed by atoms with Gasteiger partial charge in [0.05, 0.1) is 0 Å². The Hall–Kier alpha value is -0.570. The average molecular weight is 141 g/mol. The van der Waals surface area contributed by atoms with Crippen LogP contribution in [0.3, 0.4) is 0 Å². The molecular formula is C7H13N2O. The highest BCUT2D eigenvalue weighted by atomic mass is 16.2. The molecule has 1 aliphatic rings. The van der Waals surface area contributed by atoms with Gasteiger partial charge in [0, 0.05) is 32.6 Å². The maximum atomic E-state index is 11.1. The Morgan fingerprint density at radius 2 is 2.40 bits per heavy atom. The second-order valence-electron chi connectivity index (χ2n) is 2.39. The Morgan fingerprint density at radius 3 is 3.10 bits per heavy atom. The molecule has 1 radical (unpaired) electrons. The van der Waals surface area contributed by atoms with Crippen molar-refractivity contribution in [3.63, 3.8) is 0 Å². The van der Waals surface area contributed by atoms with Crippen LogP contribution in [0, 0.1) is 0 Å². The lowest BCUT2D eigenvalue weighted by atomic mass is 10.4. The minimum absolute atomic E-state index is 0.253. The first-order valence-electron chi connectivity index (χ1n) is 3.75. The normalized spacial score (nSPS) is 20.9. The molecule has 0 spiro atoms. The van der Waals surface area contributed by atoms with Crippen molar-refractivity contribution in [1.82, 2.24) is 10.2 Å². The summed E-state index contributed by atoms with van der Waals surface area (Å²) in [5.74, 6) is 0.253. The molecule has 0 bridgehead atoms. The van der Waals surface area contributed by atoms with Crippen molar-refractivity contribution in [3.05, 3.63) is 0 Å². The second kappa shape index (κ2) is 3.56. The summed E-state index contributed by atoms with van der Waals surface area (Å²) in [6, 6.07) is 0. The maximum absolute atomic E-state index is 11.1. The van der Waals surface area contributed by atoms with E-state index in [9.17, 15) is 4.79 Å². The molecule has 0 N–H and O–H groups in total. The van der Waals surface area contributed by atoms with Crippen molar-refractivity contribution in [3.8, 4) is 0 Å². The third kappa shape index (κ3) is 1.70. The number of rotatable bonds is 1. The Labute approximate surface area is 61.4 Å². The Bertz CT molecular complexity index is 125. The van der Waals surface area contributed by atoms with Gasteiger partial charge in [-0.1, -0.05) is 0 Å². The predicted molar refractivity (Wildman–Crippen MR) is 38.7 cm³/mol. The molecule has 1 rings (SSSR count). The molecule has 10 heavy (non-hydrogen) atoms. The van der Waals surface area contributed by atoms with Gasteiger partial charge in [-0.2, -0.15) is 0 Å². The summed E-state index contributed by atoms with van der Waals surface area (Å²) in [6.07, 6.45) is 0.605. The fourth-order valence-electron chi connectivity index (χ4n) is 1.10. The first-order valence-corrected chi connectivity index (χ1v) is 3.75. The lowest BCUT2D eigenvalue weighted by Crippen LogP contribution is -2.31. The Morgan fingerprint density at radius 1 is 1.60 bits per heavy atom. The molecule has 0 aliphatic carbocycles. The molecule has 0 aromatic heterocycles. The zero-order chi connectivity index (χ0) is 7.40. The lowest BCUT2D eigenvalue weighted by molar-refractivity contribution is -0.130. The number of hydrogen-bond donors (Lipinski definition) is 0. The van der Waals surface area contributed by atoms with Crippen LogP contribution in [-0.4, -0.2) is 37.0 Å². The van der Waals surface area contributed by atoms with Gasteiger partial charge in [-0.3, -0.25) is 4.79 Å². The van der Waals surface area contributed by atoms with E-state index in [1.807, 2.05) is 11.8 Å². The van der Waals surface area contributed by atoms with Gasteiger partial charge in [0.15, 0.2) is 0 Å². The summed E-state index contributed by atoms with van der Waals surface area (Å²) >= 11 is 0. The second-order valence-corrected chi connectivity index (χ2v) is 2.39. The van der Waals surface area contributed by atoms with Gasteiger partial charge in [0.1, 0.15) is 0 Å². The smallest absolute Gasteiger partial charge is 0.223 e. The highest BCUT2D eigenvalue weighted by molar-refractivity contribution is 5.76. The van der Waals surface area contributed by atoms with Crippen molar-refractivity contribution in [2.75, 3.05) is 26.2 Å². The number of nitrogens with zero attached hydrogens (tertiary/aromatic N) is 2. The van der Waals surface area contributed by atoms with Crippen LogP contribution in [0.1, 0.15) is 13.3 Å². The number of carbonyl (C=O) groups excluding carboxylic acids is 1. The van der Waals surface area contributed by atoms with Gasteiger partial charge >= 0.3 is 0 Å². The van der Waals surface area contributed by atoms with E-state index in [1.165, 1.54) is 0 Å². The summed E-state index contributed by atoms with van der Waals surface area (Å²) in [5, 5.41) is 4.16. The van der Waals surface area contributed by atoms with Crippen molar-refractivity contribution in [2.24, 2.45) is 0 Å². The molecule has 1 aliphatic heterocycles. The molecule has 0 aromatic carbocycles. The van der Waals surface area contributed by atoms with E-state index >= 15 is 0 Å². The van der Waals surface area contributed by atoms with Crippen molar-refractivity contribution >= 4 is 5.91 Å². The molecule has 0 saturated carbocycles. The fraction of sp³-hybridized carbons (Fsp3) is 0.857. The highest BCUT2D eigenvalue weighted by Gasteiger charge is 2.13. The summed E-state index contributed by atoms with van der Waals surface area (Å²) in [4.78, 5) is 13.0. The van der Waals surface area contributed by atoms with Crippen LogP contribution in [-0.2, 0) is 4.79 Å². The molecule has 0 unspecified atom stereocenters. The van der Waals surface area contributed by atoms with Crippen LogP contribution in [0.2, 0.25) is 0 Å². The molecule has 0 aromatic rings. The van der Waals surface area contributed by atoms with E-state index in [-0.39, 0.29) is 5.91 Å². The van der Waals surface area contributed by atoms with Gasteiger partial charge in [-0.05, 0) is 6.92 Å². The molecule has 1 heterocycles. The van der Waals surface area contributed by atoms with Gasteiger partial charge in [0.25, 0.3) is 0 Å². The summed E-state index contributed by atoms with van der Waals surface area (Å²) < 4.78 is 0. The third-order valence-corrected chi connectivity index (χ3v) is 1.75. The van der Waals surface area contributed by atoms with Crippen LogP contribution in [0.15, 0.2) is 0 Å². The Kier molecular flexibility index (Phi) is 2.68. The van der Waals surface area contributed by atoms with E-state index in [4.69, 9.17) is 0 Å². The monoisotopic (exact) mass is 141 g/mol. The number of hydrogen-bond acceptors (Lipinski definition) is 1. The van der Waals surface area contributed by atoms with Crippen molar-refractivity contribution in [1.29, 1.82) is 0 Å². The number of likely N-dealkylation sites (N-methyl/N-ethyl adjacent to an activating group) is 1. The van der Waals surface area contributed by atoms with E-state index in [0.717, 1.165) is 26.2 Å². The van der Waals surface area contributed by atoms with Gasteiger partial charge in [-0.15, -0.1) is 0 Å². The Balaban J connectivity index is 2.43. The molecule has 0 atom stereocenters. The molecule has 1 amide bonds. The molecular weight excluding hydrogens is 128 g/mol. The van der Waals surface area contributed by atoms with Gasteiger partial charge in [-0.25, -0.2) is 5.32 Å². The number of carbonyl (C=O) groups is 1. The SMILES string of the molecule is CCN1CC[N]CCC1=O. The standard InChI is InChI=1S/C7H13N2O/c1-2-9-6-5-8-4-3-7(9)10/h2-6H2,1H3. The molecule has 1 saturated heterocycles. The molecule has 57 valence electrons. The van der Waals surface area contributed by atoms with Crippen LogP contribution in [0.25, 0.3) is 0 Å². The lowest BCUT2D eigenvalue weighted by Gasteiger charge is -2.16.